The Kier molecular flexibility index (Phi) is 6.34. The number of ketones is 1. The lowest BCUT2D eigenvalue weighted by Gasteiger charge is -2.11. The van der Waals surface area contributed by atoms with E-state index in [1.165, 1.54) is 0 Å². The summed E-state index contributed by atoms with van der Waals surface area (Å²) in [6.07, 6.45) is 3.50. The van der Waals surface area contributed by atoms with Crippen LogP contribution in [-0.2, 0) is 4.79 Å². The van der Waals surface area contributed by atoms with Gasteiger partial charge < -0.3 is 10.1 Å². The summed E-state index contributed by atoms with van der Waals surface area (Å²) in [6, 6.07) is 13.0. The van der Waals surface area contributed by atoms with E-state index in [4.69, 9.17) is 4.74 Å². The number of amides is 1. The molecule has 0 aliphatic carbocycles. The number of carbonyl (C=O) groups excluding carboxylic acids is 2. The van der Waals surface area contributed by atoms with Gasteiger partial charge in [-0.05, 0) is 62.2 Å². The maximum Gasteiger partial charge on any atom is 0.321 e. The normalized spacial score (nSPS) is 10.4. The Morgan fingerprint density at radius 1 is 0.931 bits per heavy atom. The number of rotatable bonds is 7. The van der Waals surface area contributed by atoms with E-state index in [2.05, 4.69) is 15.3 Å². The van der Waals surface area contributed by atoms with Gasteiger partial charge in [-0.1, -0.05) is 17.7 Å². The number of hydrogen-bond donors (Lipinski definition) is 1. The average Bonchev–Trinajstić information content (AvgIpc) is 2.71. The van der Waals surface area contributed by atoms with Crippen LogP contribution in [0.4, 0.5) is 5.69 Å². The molecular weight excluding hydrogens is 366 g/mol. The number of hydrogen-bond acceptors (Lipinski definition) is 5. The van der Waals surface area contributed by atoms with Gasteiger partial charge in [0, 0.05) is 36.5 Å². The summed E-state index contributed by atoms with van der Waals surface area (Å²) in [6.45, 7) is 5.72. The quantitative estimate of drug-likeness (QED) is 0.587. The molecular formula is C23H23N3O3. The predicted octanol–water partition coefficient (Wildman–Crippen LogP) is 4.80. The summed E-state index contributed by atoms with van der Waals surface area (Å²) in [5.41, 5.74) is 4.15. The molecule has 148 valence electrons. The Balaban J connectivity index is 1.57. The van der Waals surface area contributed by atoms with Gasteiger partial charge in [-0.3, -0.25) is 9.59 Å². The fraction of sp³-hybridized carbons (Fsp3) is 0.217. The molecule has 6 nitrogen and oxygen atoms in total. The number of ether oxygens (including phenoxy) is 1. The zero-order valence-electron chi connectivity index (χ0n) is 16.7. The highest BCUT2D eigenvalue weighted by Crippen LogP contribution is 2.24. The Morgan fingerprint density at radius 3 is 2.41 bits per heavy atom. The van der Waals surface area contributed by atoms with E-state index in [1.54, 1.807) is 36.7 Å². The lowest BCUT2D eigenvalue weighted by Crippen LogP contribution is -2.14. The molecule has 1 heterocycles. The minimum atomic E-state index is -0.202. The minimum Gasteiger partial charge on any atom is -0.424 e. The van der Waals surface area contributed by atoms with Gasteiger partial charge in [0.1, 0.15) is 5.75 Å². The standard InChI is InChI=1S/C23H23N3O3/c1-15-5-6-16(2)19(13-15)21(27)9-10-22(28)26-20-8-7-18(14-17(20)3)29-23-24-11-4-12-25-23/h4-8,11-14H,9-10H2,1-3H3,(H,26,28). The van der Waals surface area contributed by atoms with Gasteiger partial charge in [-0.2, -0.15) is 0 Å². The van der Waals surface area contributed by atoms with Gasteiger partial charge >= 0.3 is 6.01 Å². The largest absolute Gasteiger partial charge is 0.424 e. The Bertz CT molecular complexity index is 1030. The van der Waals surface area contributed by atoms with Crippen LogP contribution < -0.4 is 10.1 Å². The molecule has 1 aromatic heterocycles. The van der Waals surface area contributed by atoms with Crippen molar-refractivity contribution in [3.63, 3.8) is 0 Å². The summed E-state index contributed by atoms with van der Waals surface area (Å²) in [5.74, 6) is 0.355. The first-order valence-electron chi connectivity index (χ1n) is 9.38. The van der Waals surface area contributed by atoms with Crippen molar-refractivity contribution in [2.24, 2.45) is 0 Å². The third-order valence-corrected chi connectivity index (χ3v) is 4.50. The molecule has 0 saturated heterocycles. The van der Waals surface area contributed by atoms with E-state index in [9.17, 15) is 9.59 Å². The topological polar surface area (TPSA) is 81.2 Å². The summed E-state index contributed by atoms with van der Waals surface area (Å²) >= 11 is 0. The van der Waals surface area contributed by atoms with Gasteiger partial charge in [0.15, 0.2) is 5.78 Å². The van der Waals surface area contributed by atoms with Crippen molar-refractivity contribution in [3.8, 4) is 11.8 Å². The molecule has 29 heavy (non-hydrogen) atoms. The zero-order chi connectivity index (χ0) is 20.8. The Hall–Kier alpha value is -3.54. The molecule has 0 saturated carbocycles. The molecule has 0 atom stereocenters. The highest BCUT2D eigenvalue weighted by atomic mass is 16.5. The number of carbonyl (C=O) groups is 2. The van der Waals surface area contributed by atoms with E-state index in [1.807, 2.05) is 39.0 Å². The fourth-order valence-corrected chi connectivity index (χ4v) is 2.89. The molecule has 0 unspecified atom stereocenters. The van der Waals surface area contributed by atoms with Gasteiger partial charge in [-0.15, -0.1) is 0 Å². The second-order valence-electron chi connectivity index (χ2n) is 6.90. The van der Waals surface area contributed by atoms with Gasteiger partial charge in [-0.25, -0.2) is 9.97 Å². The van der Waals surface area contributed by atoms with Gasteiger partial charge in [0.25, 0.3) is 0 Å². The highest BCUT2D eigenvalue weighted by Gasteiger charge is 2.13. The summed E-state index contributed by atoms with van der Waals surface area (Å²) in [7, 11) is 0. The average molecular weight is 389 g/mol. The van der Waals surface area contributed by atoms with Crippen molar-refractivity contribution in [2.45, 2.75) is 33.6 Å². The van der Waals surface area contributed by atoms with Crippen LogP contribution in [0.25, 0.3) is 0 Å². The van der Waals surface area contributed by atoms with E-state index in [-0.39, 0.29) is 30.5 Å². The van der Waals surface area contributed by atoms with Crippen LogP contribution in [0.2, 0.25) is 0 Å². The first-order chi connectivity index (χ1) is 13.9. The van der Waals surface area contributed by atoms with E-state index < -0.39 is 0 Å². The van der Waals surface area contributed by atoms with Crippen LogP contribution in [0.5, 0.6) is 11.8 Å². The Labute approximate surface area is 170 Å². The number of aryl methyl sites for hydroxylation is 3. The number of Topliss-reactive ketones (excluding diaryl/α,β-unsaturated/α-hetero) is 1. The monoisotopic (exact) mass is 389 g/mol. The molecule has 0 spiro atoms. The highest BCUT2D eigenvalue weighted by molar-refractivity contribution is 6.01. The molecule has 3 aromatic rings. The summed E-state index contributed by atoms with van der Waals surface area (Å²) < 4.78 is 5.59. The molecule has 0 radical (unpaired) electrons. The SMILES string of the molecule is Cc1ccc(C)c(C(=O)CCC(=O)Nc2ccc(Oc3ncccn3)cc2C)c1. The maximum atomic E-state index is 12.5. The molecule has 0 bridgehead atoms. The number of aromatic nitrogens is 2. The molecule has 0 fully saturated rings. The van der Waals surface area contributed by atoms with Crippen molar-refractivity contribution in [1.82, 2.24) is 9.97 Å². The number of anilines is 1. The first-order valence-corrected chi connectivity index (χ1v) is 9.38. The van der Waals surface area contributed by atoms with Crippen molar-refractivity contribution < 1.29 is 14.3 Å². The molecule has 1 N–H and O–H groups in total. The lowest BCUT2D eigenvalue weighted by atomic mass is 9.99. The molecule has 6 heteroatoms. The van der Waals surface area contributed by atoms with E-state index >= 15 is 0 Å². The van der Waals surface area contributed by atoms with Crippen LogP contribution in [0.15, 0.2) is 54.9 Å². The molecule has 2 aromatic carbocycles. The van der Waals surface area contributed by atoms with E-state index in [0.29, 0.717) is 17.0 Å². The van der Waals surface area contributed by atoms with Crippen molar-refractivity contribution in [3.05, 3.63) is 77.1 Å². The third kappa shape index (κ3) is 5.48. The molecule has 1 amide bonds. The summed E-state index contributed by atoms with van der Waals surface area (Å²) in [4.78, 5) is 32.8. The predicted molar refractivity (Wildman–Crippen MR) is 111 cm³/mol. The van der Waals surface area contributed by atoms with Crippen molar-refractivity contribution in [1.29, 1.82) is 0 Å². The molecule has 0 aliphatic rings. The number of nitrogens with zero attached hydrogens (tertiary/aromatic N) is 2. The molecule has 0 aliphatic heterocycles. The van der Waals surface area contributed by atoms with Crippen LogP contribution in [0.1, 0.15) is 39.9 Å². The second-order valence-corrected chi connectivity index (χ2v) is 6.90. The maximum absolute atomic E-state index is 12.5. The second kappa shape index (κ2) is 9.10. The van der Waals surface area contributed by atoms with Crippen molar-refractivity contribution in [2.75, 3.05) is 5.32 Å². The zero-order valence-corrected chi connectivity index (χ0v) is 16.7. The summed E-state index contributed by atoms with van der Waals surface area (Å²) in [5, 5.41) is 2.86. The van der Waals surface area contributed by atoms with E-state index in [0.717, 1.165) is 16.7 Å². The van der Waals surface area contributed by atoms with Crippen molar-refractivity contribution >= 4 is 17.4 Å². The Morgan fingerprint density at radius 2 is 1.69 bits per heavy atom. The first kappa shape index (κ1) is 20.2. The number of nitrogens with one attached hydrogen (secondary N) is 1. The number of benzene rings is 2. The lowest BCUT2D eigenvalue weighted by molar-refractivity contribution is -0.116. The van der Waals surface area contributed by atoms with Crippen LogP contribution in [-0.4, -0.2) is 21.7 Å². The van der Waals surface area contributed by atoms with Gasteiger partial charge in [0.05, 0.1) is 0 Å². The van der Waals surface area contributed by atoms with Crippen LogP contribution >= 0.6 is 0 Å². The smallest absolute Gasteiger partial charge is 0.321 e. The van der Waals surface area contributed by atoms with Crippen LogP contribution in [0, 0.1) is 20.8 Å². The van der Waals surface area contributed by atoms with Gasteiger partial charge in [0.2, 0.25) is 5.91 Å². The third-order valence-electron chi connectivity index (χ3n) is 4.50. The fourth-order valence-electron chi connectivity index (χ4n) is 2.89. The minimum absolute atomic E-state index is 0.0234. The molecule has 3 rings (SSSR count). The van der Waals surface area contributed by atoms with Crippen LogP contribution in [0.3, 0.4) is 0 Å².